The molecule has 0 aliphatic carbocycles. The fraction of sp³-hybridized carbons (Fsp3) is 0.0909. The van der Waals surface area contributed by atoms with Crippen LogP contribution in [0, 0.1) is 10.1 Å². The van der Waals surface area contributed by atoms with Gasteiger partial charge in [0.05, 0.1) is 16.1 Å². The number of H-pyrrole nitrogens is 1. The van der Waals surface area contributed by atoms with E-state index in [9.17, 15) is 14.9 Å². The summed E-state index contributed by atoms with van der Waals surface area (Å²) in [5.74, 6) is -0.599. The number of halogens is 1. The molecule has 98 valence electrons. The Bertz CT molecular complexity index is 612. The number of nitro benzene ring substituents is 1. The number of benzene rings is 1. The predicted molar refractivity (Wildman–Crippen MR) is 67.9 cm³/mol. The molecule has 1 aromatic carbocycles. The van der Waals surface area contributed by atoms with Crippen LogP contribution in [0.2, 0.25) is 5.02 Å². The first-order chi connectivity index (χ1) is 9.09. The molecule has 0 unspecified atom stereocenters. The van der Waals surface area contributed by atoms with E-state index in [1.54, 1.807) is 12.4 Å². The lowest BCUT2D eigenvalue weighted by Gasteiger charge is -2.06. The SMILES string of the molecule is O=C(NCc1cn[nH]c1)c1c(Cl)cccc1[N+](=O)[O-]. The molecule has 0 aliphatic rings. The van der Waals surface area contributed by atoms with Crippen molar-refractivity contribution in [3.63, 3.8) is 0 Å². The molecule has 0 saturated heterocycles. The van der Waals surface area contributed by atoms with E-state index < -0.39 is 10.8 Å². The molecule has 0 atom stereocenters. The van der Waals surface area contributed by atoms with Gasteiger partial charge >= 0.3 is 0 Å². The Morgan fingerprint density at radius 1 is 1.53 bits per heavy atom. The van der Waals surface area contributed by atoms with E-state index in [2.05, 4.69) is 15.5 Å². The number of nitrogens with one attached hydrogen (secondary N) is 2. The fourth-order valence-electron chi connectivity index (χ4n) is 1.53. The van der Waals surface area contributed by atoms with Crippen LogP contribution >= 0.6 is 11.6 Å². The Morgan fingerprint density at radius 2 is 2.32 bits per heavy atom. The zero-order valence-electron chi connectivity index (χ0n) is 9.59. The molecule has 19 heavy (non-hydrogen) atoms. The number of rotatable bonds is 4. The van der Waals surface area contributed by atoms with Crippen molar-refractivity contribution < 1.29 is 9.72 Å². The van der Waals surface area contributed by atoms with Crippen LogP contribution in [-0.2, 0) is 6.54 Å². The van der Waals surface area contributed by atoms with Gasteiger partial charge in [-0.1, -0.05) is 17.7 Å². The molecule has 0 saturated carbocycles. The highest BCUT2D eigenvalue weighted by Gasteiger charge is 2.22. The lowest BCUT2D eigenvalue weighted by molar-refractivity contribution is -0.385. The molecule has 0 spiro atoms. The van der Waals surface area contributed by atoms with Crippen molar-refractivity contribution in [2.24, 2.45) is 0 Å². The van der Waals surface area contributed by atoms with Gasteiger partial charge in [0, 0.05) is 24.4 Å². The van der Waals surface area contributed by atoms with Crippen LogP contribution in [0.3, 0.4) is 0 Å². The minimum atomic E-state index is -0.640. The number of hydrogen-bond acceptors (Lipinski definition) is 4. The molecule has 0 aliphatic heterocycles. The van der Waals surface area contributed by atoms with E-state index in [-0.39, 0.29) is 22.8 Å². The highest BCUT2D eigenvalue weighted by molar-refractivity contribution is 6.34. The van der Waals surface area contributed by atoms with Gasteiger partial charge in [0.1, 0.15) is 5.56 Å². The Hall–Kier alpha value is -2.41. The summed E-state index contributed by atoms with van der Waals surface area (Å²) >= 11 is 5.85. The molecule has 8 heteroatoms. The maximum atomic E-state index is 12.0. The number of nitrogens with zero attached hydrogens (tertiary/aromatic N) is 2. The summed E-state index contributed by atoms with van der Waals surface area (Å²) in [7, 11) is 0. The van der Waals surface area contributed by atoms with E-state index >= 15 is 0 Å². The number of amides is 1. The maximum absolute atomic E-state index is 12.0. The molecule has 1 aromatic heterocycles. The van der Waals surface area contributed by atoms with Crippen LogP contribution < -0.4 is 5.32 Å². The van der Waals surface area contributed by atoms with Gasteiger partial charge in [-0.3, -0.25) is 20.0 Å². The van der Waals surface area contributed by atoms with Gasteiger partial charge in [-0.05, 0) is 6.07 Å². The second kappa shape index (κ2) is 5.49. The number of aromatic amines is 1. The zero-order valence-corrected chi connectivity index (χ0v) is 10.3. The Kier molecular flexibility index (Phi) is 3.76. The molecule has 1 heterocycles. The third-order valence-electron chi connectivity index (χ3n) is 2.42. The second-order valence-electron chi connectivity index (χ2n) is 3.68. The van der Waals surface area contributed by atoms with Gasteiger partial charge in [-0.2, -0.15) is 5.10 Å². The summed E-state index contributed by atoms with van der Waals surface area (Å²) < 4.78 is 0. The molecular weight excluding hydrogens is 272 g/mol. The molecule has 2 rings (SSSR count). The van der Waals surface area contributed by atoms with Crippen molar-refractivity contribution in [2.75, 3.05) is 0 Å². The average Bonchev–Trinajstić information content (AvgIpc) is 2.88. The monoisotopic (exact) mass is 280 g/mol. The third-order valence-corrected chi connectivity index (χ3v) is 2.74. The number of nitro groups is 1. The summed E-state index contributed by atoms with van der Waals surface area (Å²) in [6.07, 6.45) is 3.16. The van der Waals surface area contributed by atoms with Crippen LogP contribution in [-0.4, -0.2) is 21.0 Å². The predicted octanol–water partition coefficient (Wildman–Crippen LogP) is 1.90. The number of aromatic nitrogens is 2. The Labute approximate surface area is 112 Å². The van der Waals surface area contributed by atoms with E-state index in [1.165, 1.54) is 18.2 Å². The van der Waals surface area contributed by atoms with Crippen molar-refractivity contribution >= 4 is 23.2 Å². The lowest BCUT2D eigenvalue weighted by Crippen LogP contribution is -2.23. The number of carbonyl (C=O) groups is 1. The van der Waals surface area contributed by atoms with E-state index in [0.717, 1.165) is 5.56 Å². The zero-order chi connectivity index (χ0) is 13.8. The smallest absolute Gasteiger partial charge is 0.283 e. The van der Waals surface area contributed by atoms with Gasteiger partial charge in [0.2, 0.25) is 0 Å². The second-order valence-corrected chi connectivity index (χ2v) is 4.09. The van der Waals surface area contributed by atoms with Crippen LogP contribution in [0.5, 0.6) is 0 Å². The number of hydrogen-bond donors (Lipinski definition) is 2. The fourth-order valence-corrected chi connectivity index (χ4v) is 1.79. The summed E-state index contributed by atoms with van der Waals surface area (Å²) in [6, 6.07) is 4.09. The molecule has 2 aromatic rings. The van der Waals surface area contributed by atoms with Crippen molar-refractivity contribution in [1.29, 1.82) is 0 Å². The average molecular weight is 281 g/mol. The quantitative estimate of drug-likeness (QED) is 0.659. The van der Waals surface area contributed by atoms with Gasteiger partial charge in [0.25, 0.3) is 11.6 Å². The molecular formula is C11H9ClN4O3. The highest BCUT2D eigenvalue weighted by atomic mass is 35.5. The van der Waals surface area contributed by atoms with Gasteiger partial charge < -0.3 is 5.32 Å². The van der Waals surface area contributed by atoms with Crippen molar-refractivity contribution in [2.45, 2.75) is 6.54 Å². The summed E-state index contributed by atoms with van der Waals surface area (Å²) in [5, 5.41) is 19.8. The first-order valence-electron chi connectivity index (χ1n) is 5.28. The van der Waals surface area contributed by atoms with E-state index in [0.29, 0.717) is 0 Å². The Morgan fingerprint density at radius 3 is 2.95 bits per heavy atom. The highest BCUT2D eigenvalue weighted by Crippen LogP contribution is 2.25. The normalized spacial score (nSPS) is 10.2. The molecule has 0 bridgehead atoms. The Balaban J connectivity index is 2.21. The van der Waals surface area contributed by atoms with Crippen molar-refractivity contribution in [3.8, 4) is 0 Å². The molecule has 7 nitrogen and oxygen atoms in total. The summed E-state index contributed by atoms with van der Waals surface area (Å²) in [5.41, 5.74) is 0.290. The molecule has 0 fully saturated rings. The minimum Gasteiger partial charge on any atom is -0.348 e. The lowest BCUT2D eigenvalue weighted by atomic mass is 10.1. The summed E-state index contributed by atoms with van der Waals surface area (Å²) in [4.78, 5) is 22.2. The van der Waals surface area contributed by atoms with E-state index in [1.807, 2.05) is 0 Å². The maximum Gasteiger partial charge on any atom is 0.283 e. The standard InChI is InChI=1S/C11H9ClN4O3/c12-8-2-1-3-9(16(18)19)10(8)11(17)13-4-7-5-14-15-6-7/h1-3,5-6H,4H2,(H,13,17)(H,14,15). The van der Waals surface area contributed by atoms with Gasteiger partial charge in [-0.25, -0.2) is 0 Å². The molecule has 0 radical (unpaired) electrons. The first-order valence-corrected chi connectivity index (χ1v) is 5.66. The van der Waals surface area contributed by atoms with Crippen LogP contribution in [0.15, 0.2) is 30.6 Å². The summed E-state index contributed by atoms with van der Waals surface area (Å²) in [6.45, 7) is 0.206. The topological polar surface area (TPSA) is 101 Å². The van der Waals surface area contributed by atoms with Crippen LogP contribution in [0.25, 0.3) is 0 Å². The first kappa shape index (κ1) is 13.0. The van der Waals surface area contributed by atoms with Crippen molar-refractivity contribution in [1.82, 2.24) is 15.5 Å². The largest absolute Gasteiger partial charge is 0.348 e. The number of carbonyl (C=O) groups excluding carboxylic acids is 1. The van der Waals surface area contributed by atoms with Crippen molar-refractivity contribution in [3.05, 3.63) is 56.9 Å². The van der Waals surface area contributed by atoms with Gasteiger partial charge in [0.15, 0.2) is 0 Å². The minimum absolute atomic E-state index is 0.0406. The van der Waals surface area contributed by atoms with E-state index in [4.69, 9.17) is 11.6 Å². The molecule has 1 amide bonds. The van der Waals surface area contributed by atoms with Crippen LogP contribution in [0.1, 0.15) is 15.9 Å². The van der Waals surface area contributed by atoms with Crippen LogP contribution in [0.4, 0.5) is 5.69 Å². The van der Waals surface area contributed by atoms with Gasteiger partial charge in [-0.15, -0.1) is 0 Å². The molecule has 2 N–H and O–H groups in total. The third kappa shape index (κ3) is 2.89.